The SMILES string of the molecule is O=C(O)C1CCCc2c1c1cc(OCCP(=O)(O)O)cc(CCCCCCc3ccccc3)c1n2CC1CCCCCCCCCCCCC1. The summed E-state index contributed by atoms with van der Waals surface area (Å²) in [5.74, 6) is -0.177. The van der Waals surface area contributed by atoms with Crippen LogP contribution in [0.5, 0.6) is 5.75 Å². The minimum atomic E-state index is -4.20. The Balaban J connectivity index is 1.44. The van der Waals surface area contributed by atoms with Gasteiger partial charge in [0, 0.05) is 17.6 Å². The van der Waals surface area contributed by atoms with Crippen LogP contribution < -0.4 is 4.74 Å². The fourth-order valence-corrected chi connectivity index (χ4v) is 8.92. The summed E-state index contributed by atoms with van der Waals surface area (Å²) in [6.45, 7) is 0.850. The minimum Gasteiger partial charge on any atom is -0.493 e. The van der Waals surface area contributed by atoms with Crippen LogP contribution in [-0.2, 0) is 35.2 Å². The van der Waals surface area contributed by atoms with Gasteiger partial charge in [0.15, 0.2) is 0 Å². The third kappa shape index (κ3) is 11.7. The van der Waals surface area contributed by atoms with E-state index in [1.54, 1.807) is 0 Å². The standard InChI is InChI=1S/C42H62NO6P/c44-42(45)37-26-19-27-39-40(37)38-31-36(49-28-29-50(46,47)48)30-35(25-18-11-10-13-20-33-21-16-12-17-22-33)41(38)43(39)32-34-23-14-8-6-4-2-1-3-5-7-9-15-24-34/h12,16-17,21-22,30-31,34,37H,1-11,13-15,18-20,23-29,32H2,(H,44,45)(H2,46,47,48). The monoisotopic (exact) mass is 707 g/mol. The first-order valence-electron chi connectivity index (χ1n) is 19.9. The van der Waals surface area contributed by atoms with Gasteiger partial charge < -0.3 is 24.2 Å². The Morgan fingerprint density at radius 2 is 1.40 bits per heavy atom. The number of aliphatic carboxylic acids is 1. The summed E-state index contributed by atoms with van der Waals surface area (Å²) in [6, 6.07) is 14.7. The Bertz CT molecular complexity index is 1510. The number of carbonyl (C=O) groups is 1. The van der Waals surface area contributed by atoms with Crippen molar-refractivity contribution < 1.29 is 29.0 Å². The number of ether oxygens (including phenoxy) is 1. The second-order valence-corrected chi connectivity index (χ2v) is 17.0. The molecule has 1 heterocycles. The summed E-state index contributed by atoms with van der Waals surface area (Å²) >= 11 is 0. The molecule has 1 atom stereocenters. The summed E-state index contributed by atoms with van der Waals surface area (Å²) in [5.41, 5.74) is 5.87. The third-order valence-electron chi connectivity index (χ3n) is 11.2. The summed E-state index contributed by atoms with van der Waals surface area (Å²) < 4.78 is 20.2. The number of nitrogens with zero attached hydrogens (tertiary/aromatic N) is 1. The molecule has 276 valence electrons. The maximum atomic E-state index is 12.7. The number of benzene rings is 2. The average molecular weight is 708 g/mol. The molecule has 1 aromatic heterocycles. The van der Waals surface area contributed by atoms with Gasteiger partial charge in [0.25, 0.3) is 0 Å². The van der Waals surface area contributed by atoms with E-state index >= 15 is 0 Å². The first-order valence-corrected chi connectivity index (χ1v) is 21.7. The van der Waals surface area contributed by atoms with Gasteiger partial charge >= 0.3 is 13.6 Å². The van der Waals surface area contributed by atoms with Crippen LogP contribution in [0.3, 0.4) is 0 Å². The van der Waals surface area contributed by atoms with Gasteiger partial charge in [0.2, 0.25) is 0 Å². The molecule has 8 heteroatoms. The first kappa shape index (κ1) is 38.6. The molecule has 5 rings (SSSR count). The lowest BCUT2D eigenvalue weighted by atomic mass is 9.84. The molecule has 1 fully saturated rings. The molecule has 2 aromatic carbocycles. The van der Waals surface area contributed by atoms with Gasteiger partial charge in [-0.05, 0) is 92.5 Å². The zero-order valence-corrected chi connectivity index (χ0v) is 31.2. The fourth-order valence-electron chi connectivity index (χ4n) is 8.59. The molecule has 0 aliphatic heterocycles. The van der Waals surface area contributed by atoms with Gasteiger partial charge in [-0.2, -0.15) is 0 Å². The van der Waals surface area contributed by atoms with Crippen molar-refractivity contribution in [1.29, 1.82) is 0 Å². The quantitative estimate of drug-likeness (QED) is 0.114. The average Bonchev–Trinajstić information content (AvgIpc) is 3.41. The van der Waals surface area contributed by atoms with Crippen molar-refractivity contribution in [2.75, 3.05) is 12.8 Å². The number of fused-ring (bicyclic) bond motifs is 3. The number of unbranched alkanes of at least 4 members (excludes halogenated alkanes) is 3. The molecule has 1 unspecified atom stereocenters. The maximum Gasteiger partial charge on any atom is 0.328 e. The Hall–Kier alpha value is -2.60. The van der Waals surface area contributed by atoms with E-state index < -0.39 is 19.5 Å². The van der Waals surface area contributed by atoms with Crippen LogP contribution in [0.1, 0.15) is 150 Å². The number of carboxylic acid groups (broad SMARTS) is 1. The summed E-state index contributed by atoms with van der Waals surface area (Å²) in [5, 5.41) is 11.4. The van der Waals surface area contributed by atoms with Crippen LogP contribution >= 0.6 is 7.60 Å². The van der Waals surface area contributed by atoms with Crippen molar-refractivity contribution >= 4 is 24.5 Å². The van der Waals surface area contributed by atoms with Gasteiger partial charge in [0.1, 0.15) is 5.75 Å². The second kappa shape index (κ2) is 19.9. The van der Waals surface area contributed by atoms with Gasteiger partial charge in [-0.25, -0.2) is 0 Å². The Morgan fingerprint density at radius 3 is 2.02 bits per heavy atom. The van der Waals surface area contributed by atoms with Crippen LogP contribution in [0.25, 0.3) is 10.9 Å². The van der Waals surface area contributed by atoms with Crippen molar-refractivity contribution in [2.24, 2.45) is 5.92 Å². The van der Waals surface area contributed by atoms with Crippen LogP contribution in [0.2, 0.25) is 0 Å². The predicted octanol–water partition coefficient (Wildman–Crippen LogP) is 10.7. The molecule has 0 saturated heterocycles. The highest BCUT2D eigenvalue weighted by molar-refractivity contribution is 7.51. The van der Waals surface area contributed by atoms with Gasteiger partial charge in [0.05, 0.1) is 24.2 Å². The molecule has 50 heavy (non-hydrogen) atoms. The van der Waals surface area contributed by atoms with E-state index in [1.807, 2.05) is 6.07 Å². The molecule has 3 N–H and O–H groups in total. The summed E-state index contributed by atoms with van der Waals surface area (Å²) in [7, 11) is -4.20. The maximum absolute atomic E-state index is 12.7. The smallest absolute Gasteiger partial charge is 0.328 e. The third-order valence-corrected chi connectivity index (χ3v) is 12.0. The van der Waals surface area contributed by atoms with E-state index in [9.17, 15) is 24.3 Å². The lowest BCUT2D eigenvalue weighted by Gasteiger charge is -2.24. The zero-order valence-electron chi connectivity index (χ0n) is 30.3. The lowest BCUT2D eigenvalue weighted by molar-refractivity contribution is -0.139. The summed E-state index contributed by atoms with van der Waals surface area (Å²) in [4.78, 5) is 31.7. The van der Waals surface area contributed by atoms with E-state index in [-0.39, 0.29) is 12.8 Å². The molecule has 0 amide bonds. The van der Waals surface area contributed by atoms with E-state index in [2.05, 4.69) is 41.0 Å². The molecular weight excluding hydrogens is 645 g/mol. The van der Waals surface area contributed by atoms with E-state index in [0.29, 0.717) is 18.1 Å². The molecule has 0 spiro atoms. The van der Waals surface area contributed by atoms with Crippen LogP contribution in [0, 0.1) is 5.92 Å². The highest BCUT2D eigenvalue weighted by Gasteiger charge is 2.33. The summed E-state index contributed by atoms with van der Waals surface area (Å²) in [6.07, 6.45) is 25.5. The number of aryl methyl sites for hydroxylation is 2. The molecule has 0 radical (unpaired) electrons. The van der Waals surface area contributed by atoms with Gasteiger partial charge in [-0.15, -0.1) is 0 Å². The Morgan fingerprint density at radius 1 is 0.780 bits per heavy atom. The number of rotatable bonds is 14. The Labute approximate surface area is 300 Å². The second-order valence-electron chi connectivity index (χ2n) is 15.2. The largest absolute Gasteiger partial charge is 0.493 e. The van der Waals surface area contributed by atoms with Crippen LogP contribution in [-0.4, -0.2) is 38.2 Å². The first-order chi connectivity index (χ1) is 24.3. The van der Waals surface area contributed by atoms with Gasteiger partial charge in [-0.3, -0.25) is 9.36 Å². The molecule has 7 nitrogen and oxygen atoms in total. The number of hydrogen-bond donors (Lipinski definition) is 3. The van der Waals surface area contributed by atoms with Crippen LogP contribution in [0.4, 0.5) is 0 Å². The molecular formula is C42H62NO6P. The van der Waals surface area contributed by atoms with Crippen molar-refractivity contribution in [3.8, 4) is 5.75 Å². The van der Waals surface area contributed by atoms with Crippen molar-refractivity contribution in [1.82, 2.24) is 4.57 Å². The topological polar surface area (TPSA) is 109 Å². The fraction of sp³-hybridized carbons (Fsp3) is 0.643. The van der Waals surface area contributed by atoms with E-state index in [0.717, 1.165) is 68.9 Å². The number of hydrogen-bond acceptors (Lipinski definition) is 3. The predicted molar refractivity (Wildman–Crippen MR) is 203 cm³/mol. The minimum absolute atomic E-state index is 0.0813. The van der Waals surface area contributed by atoms with E-state index in [1.165, 1.54) is 106 Å². The van der Waals surface area contributed by atoms with Crippen molar-refractivity contribution in [3.63, 3.8) is 0 Å². The highest BCUT2D eigenvalue weighted by Crippen LogP contribution is 2.43. The molecule has 2 aliphatic rings. The molecule has 3 aromatic rings. The zero-order chi connectivity index (χ0) is 35.2. The van der Waals surface area contributed by atoms with Crippen molar-refractivity contribution in [2.45, 2.75) is 154 Å². The number of aromatic nitrogens is 1. The molecule has 2 aliphatic carbocycles. The lowest BCUT2D eigenvalue weighted by Crippen LogP contribution is -2.20. The highest BCUT2D eigenvalue weighted by atomic mass is 31.2. The van der Waals surface area contributed by atoms with Crippen molar-refractivity contribution in [3.05, 3.63) is 64.8 Å². The van der Waals surface area contributed by atoms with Crippen LogP contribution in [0.15, 0.2) is 42.5 Å². The molecule has 0 bridgehead atoms. The normalized spacial score (nSPS) is 18.8. The van der Waals surface area contributed by atoms with E-state index in [4.69, 9.17) is 4.74 Å². The van der Waals surface area contributed by atoms with Gasteiger partial charge in [-0.1, -0.05) is 114 Å². The molecule has 1 saturated carbocycles. The number of carboxylic acids is 1. The Kier molecular flexibility index (Phi) is 15.3.